The van der Waals surface area contributed by atoms with Crippen LogP contribution in [0.5, 0.6) is 0 Å². The predicted molar refractivity (Wildman–Crippen MR) is 130 cm³/mol. The number of hydrogen-bond acceptors (Lipinski definition) is 1. The summed E-state index contributed by atoms with van der Waals surface area (Å²) in [5, 5.41) is 11.8. The van der Waals surface area contributed by atoms with Gasteiger partial charge in [0, 0.05) is 0 Å². The van der Waals surface area contributed by atoms with Crippen molar-refractivity contribution < 1.29 is 5.11 Å². The summed E-state index contributed by atoms with van der Waals surface area (Å²) in [6, 6.07) is 0. The third-order valence-corrected chi connectivity index (χ3v) is 11.7. The Bertz CT molecular complexity index is 624. The fraction of sp³-hybridized carbons (Fsp3) is 0.929. The van der Waals surface area contributed by atoms with Crippen molar-refractivity contribution in [1.82, 2.24) is 0 Å². The Morgan fingerprint density at radius 3 is 2.60 bits per heavy atom. The topological polar surface area (TPSA) is 20.2 Å². The summed E-state index contributed by atoms with van der Waals surface area (Å²) >= 11 is 0.749. The van der Waals surface area contributed by atoms with Crippen LogP contribution in [0, 0.1) is 46.8 Å². The maximum atomic E-state index is 10.4. The molecule has 2 fully saturated rings. The molecule has 0 aromatic rings. The van der Waals surface area contributed by atoms with Gasteiger partial charge in [0.2, 0.25) is 0 Å². The van der Waals surface area contributed by atoms with Crippen molar-refractivity contribution in [3.8, 4) is 0 Å². The zero-order valence-electron chi connectivity index (χ0n) is 20.5. The van der Waals surface area contributed by atoms with Crippen molar-refractivity contribution in [1.29, 1.82) is 0 Å². The van der Waals surface area contributed by atoms with E-state index < -0.39 is 0 Å². The van der Waals surface area contributed by atoms with Crippen LogP contribution in [0.1, 0.15) is 98.3 Å². The van der Waals surface area contributed by atoms with Crippen molar-refractivity contribution in [3.05, 3.63) is 11.1 Å². The molecule has 30 heavy (non-hydrogen) atoms. The number of fused-ring (bicyclic) bond motifs is 4. The van der Waals surface area contributed by atoms with Gasteiger partial charge in [-0.3, -0.25) is 0 Å². The van der Waals surface area contributed by atoms with Crippen LogP contribution >= 0.6 is 0 Å². The van der Waals surface area contributed by atoms with Crippen molar-refractivity contribution in [2.45, 2.75) is 116 Å². The first-order valence-corrected chi connectivity index (χ1v) is 16.2. The van der Waals surface area contributed by atoms with Crippen LogP contribution in [-0.4, -0.2) is 26.2 Å². The number of hydrogen-bond donors (Lipinski definition) is 1. The first kappa shape index (κ1) is 23.4. The molecule has 0 saturated heterocycles. The van der Waals surface area contributed by atoms with Gasteiger partial charge in [0.25, 0.3) is 0 Å². The molecule has 8 unspecified atom stereocenters. The van der Waals surface area contributed by atoms with E-state index in [0.717, 1.165) is 69.2 Å². The van der Waals surface area contributed by atoms with Crippen LogP contribution < -0.4 is 0 Å². The molecule has 0 aromatic carbocycles. The van der Waals surface area contributed by atoms with Crippen LogP contribution in [0.2, 0.25) is 11.1 Å². The zero-order valence-corrected chi connectivity index (χ0v) is 22.2. The fourth-order valence-corrected chi connectivity index (χ4v) is 10.3. The third-order valence-electron chi connectivity index (χ3n) is 10.1. The van der Waals surface area contributed by atoms with Gasteiger partial charge in [0.05, 0.1) is 0 Å². The fourth-order valence-electron chi connectivity index (χ4n) is 8.74. The van der Waals surface area contributed by atoms with Gasteiger partial charge >= 0.3 is 180 Å². The first-order chi connectivity index (χ1) is 14.3. The second-order valence-electron chi connectivity index (χ2n) is 12.2. The molecule has 0 bridgehead atoms. The summed E-state index contributed by atoms with van der Waals surface area (Å²) in [5.74, 6) is 8.77. The normalized spacial score (nSPS) is 42.1. The van der Waals surface area contributed by atoms with E-state index in [1.165, 1.54) is 63.1 Å². The Hall–Kier alpha value is 0.219. The van der Waals surface area contributed by atoms with Crippen LogP contribution in [0.25, 0.3) is 0 Å². The van der Waals surface area contributed by atoms with E-state index in [1.807, 2.05) is 5.57 Å². The van der Waals surface area contributed by atoms with E-state index >= 15 is 0 Å². The van der Waals surface area contributed by atoms with Gasteiger partial charge in [-0.1, -0.05) is 13.8 Å². The standard InChI is InChI=1S/C28H48OSe/c1-18(2)7-6-8-19(3)26-11-12-27-25-15-20(17-30-5)24-16-21(29)9-10-22(24)23(25)13-14-28(26,27)4/h18-21,23,25-27,29H,6-17H2,1-5H3. The molecule has 4 aliphatic rings. The van der Waals surface area contributed by atoms with E-state index in [4.69, 9.17) is 0 Å². The minimum atomic E-state index is -0.0523. The van der Waals surface area contributed by atoms with Crippen molar-refractivity contribution in [2.24, 2.45) is 46.8 Å². The monoisotopic (exact) mass is 480 g/mol. The van der Waals surface area contributed by atoms with Crippen LogP contribution in [-0.2, 0) is 0 Å². The van der Waals surface area contributed by atoms with Crippen LogP contribution in [0.15, 0.2) is 11.1 Å². The summed E-state index contributed by atoms with van der Waals surface area (Å²) in [5.41, 5.74) is 4.22. The Kier molecular flexibility index (Phi) is 7.49. The Labute approximate surface area is 193 Å². The summed E-state index contributed by atoms with van der Waals surface area (Å²) in [6.45, 7) is 10.1. The Morgan fingerprint density at radius 1 is 1.07 bits per heavy atom. The van der Waals surface area contributed by atoms with E-state index in [2.05, 4.69) is 33.5 Å². The summed E-state index contributed by atoms with van der Waals surface area (Å²) in [6.07, 6.45) is 14.9. The molecule has 2 saturated carbocycles. The molecule has 4 aliphatic carbocycles. The molecule has 1 nitrogen and oxygen atoms in total. The molecule has 172 valence electrons. The summed E-state index contributed by atoms with van der Waals surface area (Å²) in [7, 11) is 0. The van der Waals surface area contributed by atoms with Crippen LogP contribution in [0.3, 0.4) is 0 Å². The molecule has 0 amide bonds. The van der Waals surface area contributed by atoms with E-state index in [0.29, 0.717) is 5.41 Å². The number of aliphatic hydroxyl groups is 1. The summed E-state index contributed by atoms with van der Waals surface area (Å²) < 4.78 is 0. The van der Waals surface area contributed by atoms with Gasteiger partial charge in [-0.05, 0) is 0 Å². The van der Waals surface area contributed by atoms with Crippen molar-refractivity contribution in [3.63, 3.8) is 0 Å². The molecule has 0 aromatic heterocycles. The quantitative estimate of drug-likeness (QED) is 0.295. The number of rotatable bonds is 7. The molecule has 0 radical (unpaired) electrons. The van der Waals surface area contributed by atoms with Gasteiger partial charge in [-0.25, -0.2) is 0 Å². The molecule has 2 heteroatoms. The van der Waals surface area contributed by atoms with E-state index in [9.17, 15) is 5.11 Å². The van der Waals surface area contributed by atoms with Crippen molar-refractivity contribution in [2.75, 3.05) is 0 Å². The van der Waals surface area contributed by atoms with Crippen molar-refractivity contribution >= 4 is 15.0 Å². The average molecular weight is 480 g/mol. The van der Waals surface area contributed by atoms with Gasteiger partial charge < -0.3 is 0 Å². The predicted octanol–water partition coefficient (Wildman–Crippen LogP) is 7.54. The molecule has 0 spiro atoms. The zero-order chi connectivity index (χ0) is 21.5. The molecule has 0 aliphatic heterocycles. The molecular weight excluding hydrogens is 431 g/mol. The van der Waals surface area contributed by atoms with Gasteiger partial charge in [-0.2, -0.15) is 0 Å². The minimum absolute atomic E-state index is 0.0523. The maximum absolute atomic E-state index is 10.4. The van der Waals surface area contributed by atoms with Gasteiger partial charge in [0.15, 0.2) is 0 Å². The van der Waals surface area contributed by atoms with E-state index in [1.54, 1.807) is 5.57 Å². The first-order valence-electron chi connectivity index (χ1n) is 13.2. The second kappa shape index (κ2) is 9.60. The second-order valence-corrected chi connectivity index (χ2v) is 14.2. The van der Waals surface area contributed by atoms with Gasteiger partial charge in [0.1, 0.15) is 0 Å². The van der Waals surface area contributed by atoms with Crippen LogP contribution in [0.4, 0.5) is 0 Å². The number of allylic oxidation sites excluding steroid dienone is 1. The van der Waals surface area contributed by atoms with Gasteiger partial charge in [-0.15, -0.1) is 0 Å². The Balaban J connectivity index is 1.52. The molecule has 8 atom stereocenters. The Morgan fingerprint density at radius 2 is 1.87 bits per heavy atom. The third kappa shape index (κ3) is 4.36. The van der Waals surface area contributed by atoms with E-state index in [-0.39, 0.29) is 6.10 Å². The molecule has 1 N–H and O–H groups in total. The molecule has 0 heterocycles. The average Bonchev–Trinajstić information content (AvgIpc) is 3.05. The molecule has 4 rings (SSSR count). The number of aliphatic hydroxyl groups excluding tert-OH is 1. The summed E-state index contributed by atoms with van der Waals surface area (Å²) in [4.78, 5) is 0. The molecular formula is C28H48OSe. The SMILES string of the molecule is C[Se]CC1CC2C(CCC3(C)C(C(C)CCCC(C)C)CCC23)C2=C1CC(O)CC2.